The summed E-state index contributed by atoms with van der Waals surface area (Å²) in [6.07, 6.45) is 1.70. The first-order valence-corrected chi connectivity index (χ1v) is 5.51. The molecule has 3 aromatic rings. The summed E-state index contributed by atoms with van der Waals surface area (Å²) in [4.78, 5) is 10.3. The molecule has 2 heterocycles. The molecule has 3 N–H and O–H groups in total. The number of benzene rings is 1. The van der Waals surface area contributed by atoms with Gasteiger partial charge in [-0.3, -0.25) is 5.10 Å². The van der Waals surface area contributed by atoms with E-state index in [0.29, 0.717) is 5.65 Å². The van der Waals surface area contributed by atoms with Crippen LogP contribution < -0.4 is 10.6 Å². The lowest BCUT2D eigenvalue weighted by Crippen LogP contribution is -2.13. The highest BCUT2D eigenvalue weighted by Crippen LogP contribution is 2.27. The molecule has 0 saturated carbocycles. The van der Waals surface area contributed by atoms with Gasteiger partial charge in [0.15, 0.2) is 5.65 Å². The second-order valence-corrected chi connectivity index (χ2v) is 3.93. The van der Waals surface area contributed by atoms with Crippen LogP contribution in [0.15, 0.2) is 36.5 Å². The molecule has 2 aromatic heterocycles. The average molecular weight is 240 g/mol. The van der Waals surface area contributed by atoms with E-state index in [1.54, 1.807) is 6.20 Å². The Kier molecular flexibility index (Phi) is 2.33. The molecule has 0 aliphatic heterocycles. The fourth-order valence-electron chi connectivity index (χ4n) is 1.87. The molecule has 3 rings (SSSR count). The van der Waals surface area contributed by atoms with Gasteiger partial charge >= 0.3 is 0 Å². The van der Waals surface area contributed by atoms with Crippen molar-refractivity contribution >= 4 is 28.5 Å². The summed E-state index contributed by atoms with van der Waals surface area (Å²) in [5.41, 5.74) is 7.37. The number of hydrogen-bond acceptors (Lipinski definition) is 5. The zero-order valence-electron chi connectivity index (χ0n) is 9.83. The van der Waals surface area contributed by atoms with Crippen LogP contribution in [0.25, 0.3) is 11.0 Å². The van der Waals surface area contributed by atoms with Gasteiger partial charge < -0.3 is 10.6 Å². The lowest BCUT2D eigenvalue weighted by Gasteiger charge is -2.18. The van der Waals surface area contributed by atoms with Crippen LogP contribution >= 0.6 is 0 Å². The second-order valence-electron chi connectivity index (χ2n) is 3.93. The van der Waals surface area contributed by atoms with Gasteiger partial charge in [-0.15, -0.1) is 0 Å². The summed E-state index contributed by atoms with van der Waals surface area (Å²) in [6, 6.07) is 9.93. The van der Waals surface area contributed by atoms with Crippen molar-refractivity contribution in [2.45, 2.75) is 0 Å². The molecule has 6 nitrogen and oxygen atoms in total. The van der Waals surface area contributed by atoms with Gasteiger partial charge in [0.05, 0.1) is 11.6 Å². The molecule has 90 valence electrons. The number of aromatic amines is 1. The quantitative estimate of drug-likeness (QED) is 0.712. The standard InChI is InChI=1S/C12H12N6/c1-18(8-5-3-2-4-6-8)11-9-7-14-17-10(9)15-12(13)16-11/h2-7H,1H3,(H3,13,14,15,16,17). The summed E-state index contributed by atoms with van der Waals surface area (Å²) in [7, 11) is 1.93. The Hall–Kier alpha value is -2.63. The third kappa shape index (κ3) is 1.64. The van der Waals surface area contributed by atoms with Crippen molar-refractivity contribution < 1.29 is 0 Å². The van der Waals surface area contributed by atoms with Crippen LogP contribution in [-0.4, -0.2) is 27.2 Å². The molecule has 0 aliphatic rings. The molecular weight excluding hydrogens is 228 g/mol. The third-order valence-corrected chi connectivity index (χ3v) is 2.77. The maximum Gasteiger partial charge on any atom is 0.224 e. The van der Waals surface area contributed by atoms with Gasteiger partial charge in [0.1, 0.15) is 5.82 Å². The van der Waals surface area contributed by atoms with E-state index in [1.807, 2.05) is 42.3 Å². The molecule has 1 aromatic carbocycles. The number of nitrogens with one attached hydrogen (secondary N) is 1. The Morgan fingerprint density at radius 1 is 1.17 bits per heavy atom. The van der Waals surface area contributed by atoms with E-state index in [9.17, 15) is 0 Å². The molecule has 0 aliphatic carbocycles. The topological polar surface area (TPSA) is 83.7 Å². The molecule has 0 radical (unpaired) electrons. The Bertz CT molecular complexity index is 675. The third-order valence-electron chi connectivity index (χ3n) is 2.77. The molecule has 0 saturated heterocycles. The largest absolute Gasteiger partial charge is 0.368 e. The van der Waals surface area contributed by atoms with Crippen LogP contribution in [0.5, 0.6) is 0 Å². The highest BCUT2D eigenvalue weighted by atomic mass is 15.2. The molecule has 18 heavy (non-hydrogen) atoms. The van der Waals surface area contributed by atoms with Crippen molar-refractivity contribution in [3.63, 3.8) is 0 Å². The molecular formula is C12H12N6. The summed E-state index contributed by atoms with van der Waals surface area (Å²) >= 11 is 0. The van der Waals surface area contributed by atoms with Crippen LogP contribution in [0, 0.1) is 0 Å². The van der Waals surface area contributed by atoms with Gasteiger partial charge in [0.25, 0.3) is 0 Å². The lowest BCUT2D eigenvalue weighted by atomic mass is 10.3. The minimum Gasteiger partial charge on any atom is -0.368 e. The van der Waals surface area contributed by atoms with Gasteiger partial charge in [0, 0.05) is 12.7 Å². The monoisotopic (exact) mass is 240 g/mol. The lowest BCUT2D eigenvalue weighted by molar-refractivity contribution is 1.08. The number of anilines is 3. The summed E-state index contributed by atoms with van der Waals surface area (Å²) in [6.45, 7) is 0. The van der Waals surface area contributed by atoms with Crippen molar-refractivity contribution in [2.24, 2.45) is 0 Å². The number of para-hydroxylation sites is 1. The molecule has 0 unspecified atom stereocenters. The summed E-state index contributed by atoms with van der Waals surface area (Å²) in [5, 5.41) is 7.61. The van der Waals surface area contributed by atoms with Gasteiger partial charge in [-0.2, -0.15) is 15.1 Å². The normalized spacial score (nSPS) is 10.7. The predicted octanol–water partition coefficient (Wildman–Crippen LogP) is 1.70. The van der Waals surface area contributed by atoms with E-state index >= 15 is 0 Å². The first-order valence-electron chi connectivity index (χ1n) is 5.51. The Balaban J connectivity index is 2.17. The number of aromatic nitrogens is 4. The number of hydrogen-bond donors (Lipinski definition) is 2. The fourth-order valence-corrected chi connectivity index (χ4v) is 1.87. The van der Waals surface area contributed by atoms with Crippen molar-refractivity contribution in [3.05, 3.63) is 36.5 Å². The highest BCUT2D eigenvalue weighted by Gasteiger charge is 2.13. The van der Waals surface area contributed by atoms with Gasteiger partial charge in [-0.1, -0.05) is 18.2 Å². The molecule has 0 spiro atoms. The summed E-state index contributed by atoms with van der Waals surface area (Å²) in [5.74, 6) is 0.960. The smallest absolute Gasteiger partial charge is 0.224 e. The maximum atomic E-state index is 5.70. The molecule has 6 heteroatoms. The second kappa shape index (κ2) is 3.99. The number of rotatable bonds is 2. The van der Waals surface area contributed by atoms with Crippen molar-refractivity contribution in [3.8, 4) is 0 Å². The first kappa shape index (κ1) is 10.5. The van der Waals surface area contributed by atoms with Crippen LogP contribution in [0.3, 0.4) is 0 Å². The SMILES string of the molecule is CN(c1ccccc1)c1nc(N)nc2[nH]ncc12. The Morgan fingerprint density at radius 2 is 1.94 bits per heavy atom. The van der Waals surface area contributed by atoms with Crippen molar-refractivity contribution in [1.29, 1.82) is 0 Å². The number of nitrogens with two attached hydrogens (primary N) is 1. The van der Waals surface area contributed by atoms with Gasteiger partial charge in [0.2, 0.25) is 5.95 Å². The molecule has 0 bridgehead atoms. The molecule has 0 amide bonds. The van der Waals surface area contributed by atoms with E-state index in [1.165, 1.54) is 0 Å². The minimum absolute atomic E-state index is 0.226. The van der Waals surface area contributed by atoms with Gasteiger partial charge in [-0.25, -0.2) is 0 Å². The zero-order chi connectivity index (χ0) is 12.5. The van der Waals surface area contributed by atoms with Crippen LogP contribution in [0.2, 0.25) is 0 Å². The predicted molar refractivity (Wildman–Crippen MR) is 70.6 cm³/mol. The van der Waals surface area contributed by atoms with Crippen LogP contribution in [0.1, 0.15) is 0 Å². The number of nitrogens with zero attached hydrogens (tertiary/aromatic N) is 4. The Morgan fingerprint density at radius 3 is 2.72 bits per heavy atom. The van der Waals surface area contributed by atoms with Crippen LogP contribution in [0.4, 0.5) is 17.5 Å². The number of fused-ring (bicyclic) bond motifs is 1. The van der Waals surface area contributed by atoms with Crippen LogP contribution in [-0.2, 0) is 0 Å². The Labute approximate surface area is 103 Å². The van der Waals surface area contributed by atoms with E-state index in [-0.39, 0.29) is 5.95 Å². The van der Waals surface area contributed by atoms with E-state index in [2.05, 4.69) is 20.2 Å². The van der Waals surface area contributed by atoms with E-state index < -0.39 is 0 Å². The fraction of sp³-hybridized carbons (Fsp3) is 0.0833. The zero-order valence-corrected chi connectivity index (χ0v) is 9.83. The highest BCUT2D eigenvalue weighted by molar-refractivity contribution is 5.89. The first-order chi connectivity index (χ1) is 8.75. The van der Waals surface area contributed by atoms with E-state index in [4.69, 9.17) is 5.73 Å². The van der Waals surface area contributed by atoms with Crippen molar-refractivity contribution in [2.75, 3.05) is 17.7 Å². The van der Waals surface area contributed by atoms with Crippen molar-refractivity contribution in [1.82, 2.24) is 20.2 Å². The summed E-state index contributed by atoms with van der Waals surface area (Å²) < 4.78 is 0. The minimum atomic E-state index is 0.226. The molecule has 0 atom stereocenters. The average Bonchev–Trinajstić information content (AvgIpc) is 2.86. The number of nitrogen functional groups attached to an aromatic ring is 1. The number of H-pyrrole nitrogens is 1. The van der Waals surface area contributed by atoms with Gasteiger partial charge in [-0.05, 0) is 12.1 Å². The van der Waals surface area contributed by atoms with E-state index in [0.717, 1.165) is 16.9 Å². The maximum absolute atomic E-state index is 5.70. The molecule has 0 fully saturated rings.